The molecular weight excluding hydrogens is 344 g/mol. The second-order valence-electron chi connectivity index (χ2n) is 7.86. The third kappa shape index (κ3) is 4.73. The van der Waals surface area contributed by atoms with Gasteiger partial charge in [-0.2, -0.15) is 0 Å². The topological polar surface area (TPSA) is 33.3 Å². The fourth-order valence-electron chi connectivity index (χ4n) is 3.97. The van der Waals surface area contributed by atoms with Gasteiger partial charge in [-0.15, -0.1) is 0 Å². The Morgan fingerprint density at radius 3 is 2.57 bits per heavy atom. The molecule has 0 unspecified atom stereocenters. The van der Waals surface area contributed by atoms with Crippen LogP contribution in [0, 0.1) is 12.8 Å². The van der Waals surface area contributed by atoms with E-state index in [4.69, 9.17) is 4.74 Å². The molecular formula is C25H30N2O. The van der Waals surface area contributed by atoms with Gasteiger partial charge in [-0.3, -0.25) is 0 Å². The Morgan fingerprint density at radius 1 is 0.964 bits per heavy atom. The molecule has 28 heavy (non-hydrogen) atoms. The van der Waals surface area contributed by atoms with E-state index in [0.29, 0.717) is 6.61 Å². The number of rotatable bonds is 7. The molecule has 1 fully saturated rings. The van der Waals surface area contributed by atoms with Crippen LogP contribution in [0.15, 0.2) is 60.7 Å². The summed E-state index contributed by atoms with van der Waals surface area (Å²) < 4.78 is 6.26. The first-order valence-electron chi connectivity index (χ1n) is 10.4. The summed E-state index contributed by atoms with van der Waals surface area (Å²) in [5.41, 5.74) is 3.74. The Balaban J connectivity index is 1.49. The zero-order valence-electron chi connectivity index (χ0n) is 16.7. The number of aryl methyl sites for hydroxylation is 1. The summed E-state index contributed by atoms with van der Waals surface area (Å²) in [5.74, 6) is 1.75. The lowest BCUT2D eigenvalue weighted by Gasteiger charge is -2.23. The van der Waals surface area contributed by atoms with E-state index in [0.717, 1.165) is 37.8 Å². The van der Waals surface area contributed by atoms with E-state index < -0.39 is 0 Å². The maximum absolute atomic E-state index is 6.26. The van der Waals surface area contributed by atoms with Crippen LogP contribution >= 0.6 is 0 Å². The third-order valence-corrected chi connectivity index (χ3v) is 5.71. The largest absolute Gasteiger partial charge is 0.489 e. The van der Waals surface area contributed by atoms with E-state index in [1.54, 1.807) is 0 Å². The fourth-order valence-corrected chi connectivity index (χ4v) is 3.97. The van der Waals surface area contributed by atoms with Crippen molar-refractivity contribution >= 4 is 10.8 Å². The first-order chi connectivity index (χ1) is 13.8. The molecule has 0 spiro atoms. The van der Waals surface area contributed by atoms with Crippen LogP contribution in [0.3, 0.4) is 0 Å². The summed E-state index contributed by atoms with van der Waals surface area (Å²) in [7, 11) is 0. The van der Waals surface area contributed by atoms with Gasteiger partial charge in [0.05, 0.1) is 0 Å². The summed E-state index contributed by atoms with van der Waals surface area (Å²) >= 11 is 0. The second kappa shape index (κ2) is 9.22. The normalized spacial score (nSPS) is 15.0. The standard InChI is InChI=1S/C25H30N2O/c1-19-6-8-21(9-7-19)18-28-25-11-10-22-4-2-3-5-23(22)24(25)17-27-16-20-12-14-26-15-13-20/h2-11,20,26-27H,12-18H2,1H3. The van der Waals surface area contributed by atoms with Gasteiger partial charge in [-0.25, -0.2) is 0 Å². The summed E-state index contributed by atoms with van der Waals surface area (Å²) in [6.45, 7) is 6.91. The van der Waals surface area contributed by atoms with Gasteiger partial charge in [0.15, 0.2) is 0 Å². The SMILES string of the molecule is Cc1ccc(COc2ccc3ccccc3c2CNCC2CCNCC2)cc1. The molecule has 0 atom stereocenters. The Hall–Kier alpha value is -2.36. The molecule has 3 nitrogen and oxygen atoms in total. The molecule has 1 aliphatic rings. The van der Waals surface area contributed by atoms with Crippen LogP contribution in [0.4, 0.5) is 0 Å². The van der Waals surface area contributed by atoms with E-state index in [1.807, 2.05) is 0 Å². The monoisotopic (exact) mass is 374 g/mol. The minimum absolute atomic E-state index is 0.597. The minimum Gasteiger partial charge on any atom is -0.489 e. The first-order valence-corrected chi connectivity index (χ1v) is 10.4. The van der Waals surface area contributed by atoms with Crippen molar-refractivity contribution in [3.8, 4) is 5.75 Å². The molecule has 0 bridgehead atoms. The smallest absolute Gasteiger partial charge is 0.124 e. The summed E-state index contributed by atoms with van der Waals surface area (Å²) in [6.07, 6.45) is 2.53. The summed E-state index contributed by atoms with van der Waals surface area (Å²) in [6, 6.07) is 21.4. The number of fused-ring (bicyclic) bond motifs is 1. The van der Waals surface area contributed by atoms with Gasteiger partial charge in [-0.05, 0) is 67.7 Å². The van der Waals surface area contributed by atoms with Gasteiger partial charge in [0.25, 0.3) is 0 Å². The van der Waals surface area contributed by atoms with Crippen molar-refractivity contribution in [3.05, 3.63) is 77.4 Å². The van der Waals surface area contributed by atoms with E-state index in [-0.39, 0.29) is 0 Å². The Morgan fingerprint density at radius 2 is 1.75 bits per heavy atom. The van der Waals surface area contributed by atoms with Crippen LogP contribution in [0.1, 0.15) is 29.5 Å². The third-order valence-electron chi connectivity index (χ3n) is 5.71. The average molecular weight is 375 g/mol. The van der Waals surface area contributed by atoms with E-state index in [1.165, 1.54) is 40.3 Å². The lowest BCUT2D eigenvalue weighted by Crippen LogP contribution is -2.33. The summed E-state index contributed by atoms with van der Waals surface area (Å²) in [5, 5.41) is 9.69. The van der Waals surface area contributed by atoms with Crippen LogP contribution < -0.4 is 15.4 Å². The molecule has 0 aliphatic carbocycles. The number of piperidine rings is 1. The molecule has 3 heteroatoms. The number of benzene rings is 3. The number of nitrogens with one attached hydrogen (secondary N) is 2. The molecule has 3 aromatic carbocycles. The van der Waals surface area contributed by atoms with Crippen LogP contribution in [0.2, 0.25) is 0 Å². The van der Waals surface area contributed by atoms with Crippen molar-refractivity contribution in [2.75, 3.05) is 19.6 Å². The highest BCUT2D eigenvalue weighted by molar-refractivity contribution is 5.87. The van der Waals surface area contributed by atoms with Crippen LogP contribution in [-0.4, -0.2) is 19.6 Å². The van der Waals surface area contributed by atoms with Crippen LogP contribution in [0.25, 0.3) is 10.8 Å². The predicted molar refractivity (Wildman–Crippen MR) is 117 cm³/mol. The number of ether oxygens (including phenoxy) is 1. The van der Waals surface area contributed by atoms with Crippen molar-refractivity contribution < 1.29 is 4.74 Å². The highest BCUT2D eigenvalue weighted by Crippen LogP contribution is 2.29. The van der Waals surface area contributed by atoms with Crippen LogP contribution in [0.5, 0.6) is 5.75 Å². The van der Waals surface area contributed by atoms with E-state index >= 15 is 0 Å². The lowest BCUT2D eigenvalue weighted by atomic mass is 9.98. The molecule has 0 saturated carbocycles. The second-order valence-corrected chi connectivity index (χ2v) is 7.86. The van der Waals surface area contributed by atoms with Crippen molar-refractivity contribution in [2.45, 2.75) is 32.9 Å². The predicted octanol–water partition coefficient (Wildman–Crippen LogP) is 4.82. The van der Waals surface area contributed by atoms with Crippen LogP contribution in [-0.2, 0) is 13.2 Å². The highest BCUT2D eigenvalue weighted by atomic mass is 16.5. The number of hydrogen-bond acceptors (Lipinski definition) is 3. The number of hydrogen-bond donors (Lipinski definition) is 2. The molecule has 3 aromatic rings. The Labute approximate surface area is 168 Å². The molecule has 1 aliphatic heterocycles. The van der Waals surface area contributed by atoms with Crippen molar-refractivity contribution in [1.82, 2.24) is 10.6 Å². The Kier molecular flexibility index (Phi) is 6.25. The fraction of sp³-hybridized carbons (Fsp3) is 0.360. The van der Waals surface area contributed by atoms with Crippen molar-refractivity contribution in [1.29, 1.82) is 0 Å². The van der Waals surface area contributed by atoms with Gasteiger partial charge in [-0.1, -0.05) is 60.2 Å². The maximum Gasteiger partial charge on any atom is 0.124 e. The van der Waals surface area contributed by atoms with E-state index in [2.05, 4.69) is 78.2 Å². The van der Waals surface area contributed by atoms with E-state index in [9.17, 15) is 0 Å². The van der Waals surface area contributed by atoms with Gasteiger partial charge in [0.1, 0.15) is 12.4 Å². The maximum atomic E-state index is 6.26. The minimum atomic E-state index is 0.597. The average Bonchev–Trinajstić information content (AvgIpc) is 2.75. The zero-order valence-corrected chi connectivity index (χ0v) is 16.7. The lowest BCUT2D eigenvalue weighted by molar-refractivity contribution is 0.301. The van der Waals surface area contributed by atoms with Gasteiger partial charge >= 0.3 is 0 Å². The molecule has 1 heterocycles. The first kappa shape index (κ1) is 19.0. The molecule has 0 aromatic heterocycles. The molecule has 146 valence electrons. The molecule has 4 rings (SSSR count). The molecule has 0 amide bonds. The van der Waals surface area contributed by atoms with Gasteiger partial charge in [0.2, 0.25) is 0 Å². The molecule has 0 radical (unpaired) electrons. The quantitative estimate of drug-likeness (QED) is 0.622. The van der Waals surface area contributed by atoms with Gasteiger partial charge < -0.3 is 15.4 Å². The van der Waals surface area contributed by atoms with Crippen molar-refractivity contribution in [3.63, 3.8) is 0 Å². The Bertz CT molecular complexity index is 898. The highest BCUT2D eigenvalue weighted by Gasteiger charge is 2.14. The molecule has 1 saturated heterocycles. The zero-order chi connectivity index (χ0) is 19.2. The van der Waals surface area contributed by atoms with Gasteiger partial charge in [0, 0.05) is 12.1 Å². The van der Waals surface area contributed by atoms with Crippen molar-refractivity contribution in [2.24, 2.45) is 5.92 Å². The summed E-state index contributed by atoms with van der Waals surface area (Å²) in [4.78, 5) is 0. The molecule has 2 N–H and O–H groups in total.